The van der Waals surface area contributed by atoms with Crippen LogP contribution < -0.4 is 11.1 Å². The van der Waals surface area contributed by atoms with E-state index in [1.54, 1.807) is 18.2 Å². The first kappa shape index (κ1) is 11.4. The lowest BCUT2D eigenvalue weighted by Gasteiger charge is -2.53. The van der Waals surface area contributed by atoms with E-state index >= 15 is 0 Å². The second kappa shape index (κ2) is 4.19. The van der Waals surface area contributed by atoms with Gasteiger partial charge in [-0.25, -0.2) is 4.79 Å². The molecule has 18 heavy (non-hydrogen) atoms. The van der Waals surface area contributed by atoms with E-state index in [0.29, 0.717) is 17.3 Å². The second-order valence-electron chi connectivity index (χ2n) is 5.28. The molecule has 0 aliphatic heterocycles. The molecule has 2 fully saturated rings. The van der Waals surface area contributed by atoms with Gasteiger partial charge in [0.05, 0.1) is 24.0 Å². The van der Waals surface area contributed by atoms with Gasteiger partial charge in [0.2, 0.25) is 0 Å². The van der Waals surface area contributed by atoms with Crippen molar-refractivity contribution in [1.82, 2.24) is 0 Å². The Morgan fingerprint density at radius 2 is 2.28 bits per heavy atom. The number of anilines is 2. The van der Waals surface area contributed by atoms with E-state index in [0.717, 1.165) is 17.5 Å². The molecule has 3 atom stereocenters. The van der Waals surface area contributed by atoms with Gasteiger partial charge < -0.3 is 15.8 Å². The molecule has 1 aromatic carbocycles. The van der Waals surface area contributed by atoms with Crippen molar-refractivity contribution >= 4 is 17.3 Å². The molecular formula is C14H18N2O2. The molecule has 0 aromatic heterocycles. The van der Waals surface area contributed by atoms with Crippen molar-refractivity contribution in [2.45, 2.75) is 25.3 Å². The van der Waals surface area contributed by atoms with E-state index in [9.17, 15) is 4.79 Å². The van der Waals surface area contributed by atoms with Crippen molar-refractivity contribution in [1.29, 1.82) is 0 Å². The number of hydrogen-bond donors (Lipinski definition) is 2. The number of ether oxygens (including phenoxy) is 1. The number of esters is 1. The van der Waals surface area contributed by atoms with Gasteiger partial charge in [-0.05, 0) is 49.3 Å². The normalized spacial score (nSPS) is 28.6. The SMILES string of the molecule is COC(=O)c1ccc(N)c(N[C@@H]2CC3CC[C@@H]32)c1. The first-order chi connectivity index (χ1) is 8.69. The van der Waals surface area contributed by atoms with Crippen molar-refractivity contribution in [3.05, 3.63) is 23.8 Å². The smallest absolute Gasteiger partial charge is 0.337 e. The molecule has 0 bridgehead atoms. The molecule has 2 aliphatic rings. The van der Waals surface area contributed by atoms with Crippen molar-refractivity contribution in [3.8, 4) is 0 Å². The molecule has 0 spiro atoms. The number of nitrogen functional groups attached to an aromatic ring is 1. The number of benzene rings is 1. The van der Waals surface area contributed by atoms with E-state index in [2.05, 4.69) is 5.32 Å². The lowest BCUT2D eigenvalue weighted by molar-refractivity contribution is 0.0363. The summed E-state index contributed by atoms with van der Waals surface area (Å²) in [5.74, 6) is 1.41. The van der Waals surface area contributed by atoms with Crippen LogP contribution in [0.15, 0.2) is 18.2 Å². The van der Waals surface area contributed by atoms with E-state index in [1.807, 2.05) is 0 Å². The Labute approximate surface area is 107 Å². The number of rotatable bonds is 3. The van der Waals surface area contributed by atoms with Crippen LogP contribution in [0.5, 0.6) is 0 Å². The molecule has 0 heterocycles. The maximum absolute atomic E-state index is 11.5. The second-order valence-corrected chi connectivity index (χ2v) is 5.28. The topological polar surface area (TPSA) is 64.3 Å². The van der Waals surface area contributed by atoms with Gasteiger partial charge in [-0.2, -0.15) is 0 Å². The summed E-state index contributed by atoms with van der Waals surface area (Å²) in [7, 11) is 1.39. The Kier molecular flexibility index (Phi) is 2.65. The van der Waals surface area contributed by atoms with Crippen LogP contribution in [0, 0.1) is 11.8 Å². The summed E-state index contributed by atoms with van der Waals surface area (Å²) < 4.78 is 4.72. The number of carbonyl (C=O) groups excluding carboxylic acids is 1. The van der Waals surface area contributed by atoms with Crippen molar-refractivity contribution in [2.75, 3.05) is 18.2 Å². The summed E-state index contributed by atoms with van der Waals surface area (Å²) >= 11 is 0. The van der Waals surface area contributed by atoms with Crippen LogP contribution in [0.4, 0.5) is 11.4 Å². The van der Waals surface area contributed by atoms with Gasteiger partial charge >= 0.3 is 5.97 Å². The first-order valence-electron chi connectivity index (χ1n) is 6.43. The highest BCUT2D eigenvalue weighted by molar-refractivity contribution is 5.92. The summed E-state index contributed by atoms with van der Waals surface area (Å²) in [5, 5.41) is 3.46. The average molecular weight is 246 g/mol. The number of hydrogen-bond acceptors (Lipinski definition) is 4. The number of nitrogens with one attached hydrogen (secondary N) is 1. The molecule has 0 radical (unpaired) electrons. The zero-order chi connectivity index (χ0) is 12.7. The molecular weight excluding hydrogens is 228 g/mol. The van der Waals surface area contributed by atoms with Gasteiger partial charge in [0.15, 0.2) is 0 Å². The van der Waals surface area contributed by atoms with Gasteiger partial charge in [0.25, 0.3) is 0 Å². The third kappa shape index (κ3) is 1.72. The van der Waals surface area contributed by atoms with Gasteiger partial charge in [-0.1, -0.05) is 0 Å². The molecule has 0 saturated heterocycles. The van der Waals surface area contributed by atoms with Crippen LogP contribution in [0.25, 0.3) is 0 Å². The summed E-state index contributed by atoms with van der Waals surface area (Å²) in [6.45, 7) is 0. The lowest BCUT2D eigenvalue weighted by Crippen LogP contribution is -2.52. The molecule has 4 heteroatoms. The Morgan fingerprint density at radius 3 is 2.83 bits per heavy atom. The van der Waals surface area contributed by atoms with E-state index in [1.165, 1.54) is 26.4 Å². The third-order valence-corrected chi connectivity index (χ3v) is 4.37. The fourth-order valence-corrected chi connectivity index (χ4v) is 3.01. The van der Waals surface area contributed by atoms with Gasteiger partial charge in [0, 0.05) is 6.04 Å². The third-order valence-electron chi connectivity index (χ3n) is 4.37. The maximum Gasteiger partial charge on any atom is 0.337 e. The highest BCUT2D eigenvalue weighted by atomic mass is 16.5. The fourth-order valence-electron chi connectivity index (χ4n) is 3.01. The van der Waals surface area contributed by atoms with Gasteiger partial charge in [-0.15, -0.1) is 0 Å². The van der Waals surface area contributed by atoms with Crippen LogP contribution in [0.2, 0.25) is 0 Å². The monoisotopic (exact) mass is 246 g/mol. The Hall–Kier alpha value is -1.71. The van der Waals surface area contributed by atoms with Crippen LogP contribution in [-0.2, 0) is 4.74 Å². The molecule has 1 aromatic rings. The highest BCUT2D eigenvalue weighted by Crippen LogP contribution is 2.51. The first-order valence-corrected chi connectivity index (χ1v) is 6.43. The minimum Gasteiger partial charge on any atom is -0.465 e. The summed E-state index contributed by atoms with van der Waals surface area (Å²) in [4.78, 5) is 11.5. The highest BCUT2D eigenvalue weighted by Gasteiger charge is 2.46. The Bertz CT molecular complexity index is 487. The van der Waals surface area contributed by atoms with Crippen LogP contribution in [0.3, 0.4) is 0 Å². The Morgan fingerprint density at radius 1 is 1.44 bits per heavy atom. The molecule has 4 nitrogen and oxygen atoms in total. The maximum atomic E-state index is 11.5. The number of nitrogens with two attached hydrogens (primary N) is 1. The zero-order valence-corrected chi connectivity index (χ0v) is 10.5. The minimum absolute atomic E-state index is 0.326. The molecule has 3 N–H and O–H groups in total. The Balaban J connectivity index is 1.75. The summed E-state index contributed by atoms with van der Waals surface area (Å²) in [5.41, 5.74) is 8.02. The van der Waals surface area contributed by atoms with Crippen LogP contribution >= 0.6 is 0 Å². The minimum atomic E-state index is -0.326. The molecule has 0 amide bonds. The van der Waals surface area contributed by atoms with Gasteiger partial charge in [-0.3, -0.25) is 0 Å². The summed E-state index contributed by atoms with van der Waals surface area (Å²) in [6.07, 6.45) is 3.92. The van der Waals surface area contributed by atoms with E-state index < -0.39 is 0 Å². The zero-order valence-electron chi connectivity index (χ0n) is 10.5. The lowest BCUT2D eigenvalue weighted by atomic mass is 9.56. The predicted molar refractivity (Wildman–Crippen MR) is 70.4 cm³/mol. The number of methoxy groups -OCH3 is 1. The van der Waals surface area contributed by atoms with Crippen LogP contribution in [0.1, 0.15) is 29.6 Å². The van der Waals surface area contributed by atoms with E-state index in [-0.39, 0.29) is 5.97 Å². The number of fused-ring (bicyclic) bond motifs is 1. The average Bonchev–Trinajstić information content (AvgIpc) is 2.36. The van der Waals surface area contributed by atoms with E-state index in [4.69, 9.17) is 10.5 Å². The fraction of sp³-hybridized carbons (Fsp3) is 0.500. The predicted octanol–water partition coefficient (Wildman–Crippen LogP) is 2.27. The molecule has 2 saturated carbocycles. The van der Waals surface area contributed by atoms with Crippen molar-refractivity contribution in [2.24, 2.45) is 11.8 Å². The number of carbonyl (C=O) groups is 1. The molecule has 96 valence electrons. The van der Waals surface area contributed by atoms with Crippen LogP contribution in [-0.4, -0.2) is 19.1 Å². The molecule has 2 aliphatic carbocycles. The molecule has 1 unspecified atom stereocenters. The van der Waals surface area contributed by atoms with Crippen molar-refractivity contribution < 1.29 is 9.53 Å². The largest absolute Gasteiger partial charge is 0.465 e. The quantitative estimate of drug-likeness (QED) is 0.634. The summed E-state index contributed by atoms with van der Waals surface area (Å²) in [6, 6.07) is 5.76. The van der Waals surface area contributed by atoms with Gasteiger partial charge in [0.1, 0.15) is 0 Å². The standard InChI is InChI=1S/C14H18N2O2/c1-18-14(17)9-3-5-11(15)13(7-9)16-12-6-8-2-4-10(8)12/h3,5,7-8,10,12,16H,2,4,6,15H2,1H3/t8?,10-,12+/m0/s1. The van der Waals surface area contributed by atoms with Crippen molar-refractivity contribution in [3.63, 3.8) is 0 Å². The molecule has 3 rings (SSSR count).